The second-order valence-electron chi connectivity index (χ2n) is 6.60. The number of anilines is 1. The molecule has 0 bridgehead atoms. The Labute approximate surface area is 123 Å². The van der Waals surface area contributed by atoms with Gasteiger partial charge in [-0.15, -0.1) is 0 Å². The van der Waals surface area contributed by atoms with Crippen LogP contribution in [0.4, 0.5) is 14.9 Å². The van der Waals surface area contributed by atoms with Crippen molar-refractivity contribution < 1.29 is 14.3 Å². The molecule has 2 aliphatic heterocycles. The number of carbonyl (C=O) groups is 1. The number of fused-ring (bicyclic) bond motifs is 1. The van der Waals surface area contributed by atoms with Crippen molar-refractivity contribution in [1.82, 2.24) is 4.90 Å². The van der Waals surface area contributed by atoms with Crippen molar-refractivity contribution in [1.29, 1.82) is 0 Å². The van der Waals surface area contributed by atoms with Crippen molar-refractivity contribution in [2.75, 3.05) is 31.1 Å². The summed E-state index contributed by atoms with van der Waals surface area (Å²) in [4.78, 5) is 14.7. The van der Waals surface area contributed by atoms with Crippen molar-refractivity contribution in [3.05, 3.63) is 29.8 Å². The quantitative estimate of drug-likeness (QED) is 0.910. The number of hydrogen-bond donors (Lipinski definition) is 1. The van der Waals surface area contributed by atoms with Gasteiger partial charge < -0.3 is 14.9 Å². The number of piperidine rings is 1. The van der Waals surface area contributed by atoms with Gasteiger partial charge in [0.15, 0.2) is 0 Å². The summed E-state index contributed by atoms with van der Waals surface area (Å²) in [7, 11) is 0. The number of carboxylic acid groups (broad SMARTS) is 1. The molecule has 2 saturated heterocycles. The molecule has 3 fully saturated rings. The summed E-state index contributed by atoms with van der Waals surface area (Å²) in [5, 5.41) is 9.11. The van der Waals surface area contributed by atoms with Gasteiger partial charge in [-0.2, -0.15) is 0 Å². The van der Waals surface area contributed by atoms with Crippen LogP contribution in [0.2, 0.25) is 0 Å². The summed E-state index contributed by atoms with van der Waals surface area (Å²) >= 11 is 0. The fourth-order valence-electron chi connectivity index (χ4n) is 4.03. The maximum atomic E-state index is 13.3. The van der Waals surface area contributed by atoms with Crippen molar-refractivity contribution in [3.8, 4) is 0 Å². The molecule has 4 rings (SSSR count). The van der Waals surface area contributed by atoms with E-state index in [1.54, 1.807) is 0 Å². The van der Waals surface area contributed by atoms with Crippen LogP contribution in [0.25, 0.3) is 0 Å². The molecule has 3 unspecified atom stereocenters. The number of likely N-dealkylation sites (tertiary alicyclic amines) is 1. The monoisotopic (exact) mass is 290 g/mol. The first-order chi connectivity index (χ1) is 10.1. The highest BCUT2D eigenvalue weighted by Crippen LogP contribution is 2.59. The topological polar surface area (TPSA) is 43.8 Å². The molecule has 0 aromatic heterocycles. The highest BCUT2D eigenvalue weighted by atomic mass is 19.1. The van der Waals surface area contributed by atoms with Crippen LogP contribution in [0, 0.1) is 5.92 Å². The first-order valence-corrected chi connectivity index (χ1v) is 7.56. The molecule has 1 aromatic rings. The molecule has 1 amide bonds. The Bertz CT molecular complexity index is 576. The first-order valence-electron chi connectivity index (χ1n) is 7.56. The van der Waals surface area contributed by atoms with E-state index in [9.17, 15) is 9.18 Å². The second-order valence-corrected chi connectivity index (χ2v) is 6.60. The molecule has 1 aliphatic carbocycles. The van der Waals surface area contributed by atoms with Gasteiger partial charge >= 0.3 is 6.09 Å². The lowest BCUT2D eigenvalue weighted by atomic mass is 9.95. The predicted octanol–water partition coefficient (Wildman–Crippen LogP) is 2.49. The van der Waals surface area contributed by atoms with Crippen LogP contribution in [-0.2, 0) is 5.41 Å². The minimum Gasteiger partial charge on any atom is -0.465 e. The lowest BCUT2D eigenvalue weighted by molar-refractivity contribution is 0.150. The van der Waals surface area contributed by atoms with E-state index < -0.39 is 12.3 Å². The third-order valence-corrected chi connectivity index (χ3v) is 5.35. The number of hydrogen-bond acceptors (Lipinski definition) is 2. The molecule has 2 heterocycles. The summed E-state index contributed by atoms with van der Waals surface area (Å²) in [5.41, 5.74) is 2.35. The van der Waals surface area contributed by atoms with E-state index in [0.717, 1.165) is 18.7 Å². The number of rotatable bonds is 2. The van der Waals surface area contributed by atoms with Crippen LogP contribution >= 0.6 is 0 Å². The highest BCUT2D eigenvalue weighted by molar-refractivity contribution is 5.67. The van der Waals surface area contributed by atoms with Crippen LogP contribution in [0.15, 0.2) is 24.3 Å². The molecule has 1 aromatic carbocycles. The SMILES string of the molecule is O=C(O)N1CC2CC2(c2ccc(N3CCC(F)C3)cc2)C1. The molecule has 21 heavy (non-hydrogen) atoms. The minimum atomic E-state index is -0.816. The Morgan fingerprint density at radius 2 is 2.05 bits per heavy atom. The maximum Gasteiger partial charge on any atom is 0.407 e. The van der Waals surface area contributed by atoms with E-state index in [4.69, 9.17) is 5.11 Å². The second kappa shape index (κ2) is 4.36. The maximum absolute atomic E-state index is 13.3. The van der Waals surface area contributed by atoms with Gasteiger partial charge in [0.2, 0.25) is 0 Å². The zero-order chi connectivity index (χ0) is 14.6. The Kier molecular flexibility index (Phi) is 2.68. The van der Waals surface area contributed by atoms with Crippen molar-refractivity contribution in [2.45, 2.75) is 24.4 Å². The van der Waals surface area contributed by atoms with Crippen molar-refractivity contribution in [2.24, 2.45) is 5.92 Å². The third kappa shape index (κ3) is 1.98. The molecular weight excluding hydrogens is 271 g/mol. The average molecular weight is 290 g/mol. The summed E-state index contributed by atoms with van der Waals surface area (Å²) in [5.74, 6) is 0.474. The number of nitrogens with zero attached hydrogens (tertiary/aromatic N) is 2. The van der Waals surface area contributed by atoms with Crippen molar-refractivity contribution in [3.63, 3.8) is 0 Å². The van der Waals surface area contributed by atoms with E-state index in [-0.39, 0.29) is 5.41 Å². The Morgan fingerprint density at radius 1 is 1.29 bits per heavy atom. The van der Waals surface area contributed by atoms with Gasteiger partial charge in [0.1, 0.15) is 6.17 Å². The van der Waals surface area contributed by atoms with Gasteiger partial charge in [0.05, 0.1) is 0 Å². The van der Waals surface area contributed by atoms with Crippen LogP contribution < -0.4 is 4.90 Å². The Hall–Kier alpha value is -1.78. The van der Waals surface area contributed by atoms with Gasteiger partial charge in [-0.05, 0) is 36.5 Å². The zero-order valence-corrected chi connectivity index (χ0v) is 11.8. The highest BCUT2D eigenvalue weighted by Gasteiger charge is 2.61. The lowest BCUT2D eigenvalue weighted by Crippen LogP contribution is -2.31. The molecule has 3 aliphatic rings. The number of amides is 1. The van der Waals surface area contributed by atoms with Crippen LogP contribution in [0.5, 0.6) is 0 Å². The number of alkyl halides is 1. The smallest absolute Gasteiger partial charge is 0.407 e. The van der Waals surface area contributed by atoms with Gasteiger partial charge in [-0.25, -0.2) is 9.18 Å². The van der Waals surface area contributed by atoms with E-state index in [1.807, 2.05) is 0 Å². The molecule has 5 heteroatoms. The fourth-order valence-corrected chi connectivity index (χ4v) is 4.03. The summed E-state index contributed by atoms with van der Waals surface area (Å²) in [6.45, 7) is 2.54. The van der Waals surface area contributed by atoms with Gasteiger partial charge in [0, 0.05) is 37.3 Å². The Balaban J connectivity index is 1.51. The van der Waals surface area contributed by atoms with Crippen molar-refractivity contribution >= 4 is 11.8 Å². The van der Waals surface area contributed by atoms with E-state index in [0.29, 0.717) is 32.0 Å². The standard InChI is InChI=1S/C16H19FN2O2/c17-13-5-6-18(9-13)14-3-1-11(2-4-14)16-7-12(16)8-19(10-16)15(20)21/h1-4,12-13H,5-10H2,(H,20,21). The van der Waals surface area contributed by atoms with Crippen LogP contribution in [-0.4, -0.2) is 48.5 Å². The molecule has 4 nitrogen and oxygen atoms in total. The zero-order valence-electron chi connectivity index (χ0n) is 11.8. The molecule has 0 radical (unpaired) electrons. The fraction of sp³-hybridized carbons (Fsp3) is 0.562. The van der Waals surface area contributed by atoms with Crippen LogP contribution in [0.3, 0.4) is 0 Å². The predicted molar refractivity (Wildman–Crippen MR) is 77.6 cm³/mol. The van der Waals surface area contributed by atoms with Gasteiger partial charge in [0.25, 0.3) is 0 Å². The molecule has 1 N–H and O–H groups in total. The van der Waals surface area contributed by atoms with E-state index >= 15 is 0 Å². The largest absolute Gasteiger partial charge is 0.465 e. The van der Waals surface area contributed by atoms with Gasteiger partial charge in [-0.3, -0.25) is 0 Å². The van der Waals surface area contributed by atoms with Crippen LogP contribution in [0.1, 0.15) is 18.4 Å². The average Bonchev–Trinajstić information content (AvgIpc) is 2.84. The Morgan fingerprint density at radius 3 is 2.62 bits per heavy atom. The molecule has 0 spiro atoms. The van der Waals surface area contributed by atoms with Gasteiger partial charge in [-0.1, -0.05) is 12.1 Å². The molecular formula is C16H19FN2O2. The summed E-state index contributed by atoms with van der Waals surface area (Å²) in [6.07, 6.45) is 0.174. The molecule has 1 saturated carbocycles. The third-order valence-electron chi connectivity index (χ3n) is 5.35. The van der Waals surface area contributed by atoms with E-state index in [2.05, 4.69) is 29.2 Å². The summed E-state index contributed by atoms with van der Waals surface area (Å²) < 4.78 is 13.3. The summed E-state index contributed by atoms with van der Waals surface area (Å²) in [6, 6.07) is 8.32. The normalized spacial score (nSPS) is 34.1. The number of benzene rings is 1. The number of halogens is 1. The van der Waals surface area contributed by atoms with E-state index in [1.165, 1.54) is 10.5 Å². The molecule has 3 atom stereocenters. The minimum absolute atomic E-state index is 0.0462. The lowest BCUT2D eigenvalue weighted by Gasteiger charge is -2.21. The molecule has 112 valence electrons. The first kappa shape index (κ1) is 12.9.